The van der Waals surface area contributed by atoms with Crippen molar-refractivity contribution in [1.29, 1.82) is 0 Å². The van der Waals surface area contributed by atoms with Crippen molar-refractivity contribution in [3.63, 3.8) is 0 Å². The number of hydrogen-bond donors (Lipinski definition) is 4. The van der Waals surface area contributed by atoms with Crippen LogP contribution >= 0.6 is 35.1 Å². The summed E-state index contributed by atoms with van der Waals surface area (Å²) in [6.07, 6.45) is 9.95. The lowest BCUT2D eigenvalue weighted by Crippen LogP contribution is -2.38. The molecule has 2 unspecified atom stereocenters. The van der Waals surface area contributed by atoms with Gasteiger partial charge in [-0.2, -0.15) is 9.59 Å². The minimum absolute atomic E-state index is 0. The average Bonchev–Trinajstić information content (AvgIpc) is 4.06. The van der Waals surface area contributed by atoms with Crippen molar-refractivity contribution < 1.29 is 23.9 Å². The van der Waals surface area contributed by atoms with Gasteiger partial charge in [-0.15, -0.1) is 35.1 Å². The molecule has 2 atom stereocenters. The highest BCUT2D eigenvalue weighted by Gasteiger charge is 2.36. The number of carbonyl (C=O) groups excluding carboxylic acids is 3. The second kappa shape index (κ2) is 24.9. The van der Waals surface area contributed by atoms with Gasteiger partial charge in [0.15, 0.2) is 0 Å². The Morgan fingerprint density at radius 2 is 1.24 bits per heavy atom. The van der Waals surface area contributed by atoms with Crippen LogP contribution in [0.4, 0.5) is 0 Å². The molecule has 5 N–H and O–H groups in total. The van der Waals surface area contributed by atoms with E-state index in [-0.39, 0.29) is 42.1 Å². The molecular weight excluding hydrogens is 848 g/mol. The van der Waals surface area contributed by atoms with Crippen molar-refractivity contribution in [2.45, 2.75) is 130 Å². The minimum Gasteiger partial charge on any atom is -0.381 e. The van der Waals surface area contributed by atoms with Crippen molar-refractivity contribution in [1.82, 2.24) is 25.1 Å². The fourth-order valence-electron chi connectivity index (χ4n) is 9.26. The summed E-state index contributed by atoms with van der Waals surface area (Å²) in [7, 11) is 0. The Labute approximate surface area is 379 Å². The van der Waals surface area contributed by atoms with Crippen LogP contribution in [-0.2, 0) is 32.2 Å². The van der Waals surface area contributed by atoms with E-state index in [1.807, 2.05) is 56.5 Å². The number of aryl methyl sites for hydroxylation is 5. The maximum atomic E-state index is 12.9. The first-order valence-electron chi connectivity index (χ1n) is 21.5. The van der Waals surface area contributed by atoms with Crippen LogP contribution in [0, 0.1) is 41.5 Å². The maximum Gasteiger partial charge on any atom is 0.373 e. The molecule has 8 heterocycles. The van der Waals surface area contributed by atoms with E-state index in [4.69, 9.17) is 24.8 Å². The third-order valence-electron chi connectivity index (χ3n) is 12.4. The zero-order chi connectivity index (χ0) is 44.1. The summed E-state index contributed by atoms with van der Waals surface area (Å²) in [6.45, 7) is 18.4. The van der Waals surface area contributed by atoms with Crippen molar-refractivity contribution in [3.05, 3.63) is 110 Å². The summed E-state index contributed by atoms with van der Waals surface area (Å²) in [5, 5.41) is 7.17. The number of likely N-dealkylation sites (tertiary alicyclic amines) is 2. The first-order chi connectivity index (χ1) is 29.4. The van der Waals surface area contributed by atoms with Crippen LogP contribution in [0.1, 0.15) is 128 Å². The smallest absolute Gasteiger partial charge is 0.373 e. The molecule has 13 nitrogen and oxygen atoms in total. The van der Waals surface area contributed by atoms with Crippen LogP contribution in [0.25, 0.3) is 0 Å². The molecule has 1 amide bonds. The van der Waals surface area contributed by atoms with Gasteiger partial charge in [0.05, 0.1) is 5.56 Å². The summed E-state index contributed by atoms with van der Waals surface area (Å²) in [5.41, 5.74) is 13.3. The quantitative estimate of drug-likeness (QED) is 0.141. The van der Waals surface area contributed by atoms with Gasteiger partial charge in [0, 0.05) is 101 Å². The third kappa shape index (κ3) is 13.1. The van der Waals surface area contributed by atoms with E-state index in [2.05, 4.69) is 50.4 Å². The molecule has 8 rings (SSSR count). The van der Waals surface area contributed by atoms with E-state index in [9.17, 15) is 14.4 Å². The molecule has 0 aromatic carbocycles. The highest BCUT2D eigenvalue weighted by Crippen LogP contribution is 2.41. The summed E-state index contributed by atoms with van der Waals surface area (Å²) in [5.74, 6) is -0.106. The number of nitrogens with zero attached hydrogens (tertiary/aromatic N) is 2. The number of nitrogens with one attached hydrogen (secondary N) is 3. The van der Waals surface area contributed by atoms with Crippen LogP contribution in [0.15, 0.2) is 38.5 Å². The fourth-order valence-corrected chi connectivity index (χ4v) is 11.6. The number of ether oxygens (including phenoxy) is 2. The van der Waals surface area contributed by atoms with Gasteiger partial charge in [0.25, 0.3) is 17.0 Å². The first kappa shape index (κ1) is 50.9. The summed E-state index contributed by atoms with van der Waals surface area (Å²) >= 11 is 3.64. The molecule has 0 radical (unpaired) electrons. The number of aromatic nitrogens is 2. The largest absolute Gasteiger partial charge is 0.381 e. The molecule has 4 aromatic rings. The van der Waals surface area contributed by atoms with E-state index in [0.717, 1.165) is 91.9 Å². The van der Waals surface area contributed by atoms with Crippen molar-refractivity contribution >= 4 is 47.1 Å². The Balaban J connectivity index is 0.000000221. The zero-order valence-corrected chi connectivity index (χ0v) is 39.5. The van der Waals surface area contributed by atoms with Crippen molar-refractivity contribution in [3.8, 4) is 0 Å². The van der Waals surface area contributed by atoms with E-state index in [1.165, 1.54) is 49.1 Å². The number of carbonyl (C=O) groups is 1. The number of H-pyrrole nitrogens is 2. The second-order valence-corrected chi connectivity index (χ2v) is 18.3. The topological polar surface area (TPSA) is 180 Å². The average molecular weight is 914 g/mol. The fraction of sp³-hybridized carbons (Fsp3) is 0.565. The van der Waals surface area contributed by atoms with E-state index < -0.39 is 0 Å². The number of pyridine rings is 2. The lowest BCUT2D eigenvalue weighted by molar-refractivity contribution is -0.191. The van der Waals surface area contributed by atoms with Gasteiger partial charge in [-0.1, -0.05) is 0 Å². The predicted octanol–water partition coefficient (Wildman–Crippen LogP) is 7.27. The van der Waals surface area contributed by atoms with E-state index >= 15 is 0 Å². The van der Waals surface area contributed by atoms with Gasteiger partial charge in [-0.25, -0.2) is 0 Å². The first-order valence-corrected chi connectivity index (χ1v) is 23.3. The molecule has 4 aliphatic heterocycles. The highest BCUT2D eigenvalue weighted by molar-refractivity contribution is 7.10. The Morgan fingerprint density at radius 1 is 0.758 bits per heavy atom. The molecule has 4 aromatic heterocycles. The molecule has 4 aliphatic rings. The summed E-state index contributed by atoms with van der Waals surface area (Å²) in [4.78, 5) is 66.3. The minimum atomic E-state index is -0.131. The highest BCUT2D eigenvalue weighted by atomic mass is 35.5. The molecule has 0 saturated carbocycles. The normalized spacial score (nSPS) is 19.5. The molecule has 0 spiro atoms. The predicted molar refractivity (Wildman–Crippen MR) is 248 cm³/mol. The number of hydrogen-bond acceptors (Lipinski definition) is 12. The van der Waals surface area contributed by atoms with Gasteiger partial charge in [-0.3, -0.25) is 24.2 Å². The van der Waals surface area contributed by atoms with E-state index in [1.54, 1.807) is 16.2 Å². The summed E-state index contributed by atoms with van der Waals surface area (Å²) in [6, 6.07) is 8.56. The van der Waals surface area contributed by atoms with Gasteiger partial charge in [0.2, 0.25) is 0 Å². The van der Waals surface area contributed by atoms with E-state index in [0.29, 0.717) is 35.8 Å². The van der Waals surface area contributed by atoms with Crippen LogP contribution in [0.5, 0.6) is 0 Å². The van der Waals surface area contributed by atoms with Crippen molar-refractivity contribution in [2.75, 3.05) is 39.5 Å². The molecule has 4 fully saturated rings. The summed E-state index contributed by atoms with van der Waals surface area (Å²) < 4.78 is 11.0. The number of thiophene rings is 2. The van der Waals surface area contributed by atoms with Gasteiger partial charge < -0.3 is 30.5 Å². The van der Waals surface area contributed by atoms with Crippen molar-refractivity contribution in [2.24, 2.45) is 5.73 Å². The number of amides is 1. The molecule has 62 heavy (non-hydrogen) atoms. The molecule has 4 saturated heterocycles. The van der Waals surface area contributed by atoms with Gasteiger partial charge in [-0.05, 0) is 152 Å². The number of nitrogens with two attached hydrogens (primary N) is 1. The molecule has 16 heteroatoms. The third-order valence-corrected chi connectivity index (χ3v) is 14.7. The van der Waals surface area contributed by atoms with Gasteiger partial charge >= 0.3 is 6.15 Å². The number of rotatable bonds is 8. The zero-order valence-electron chi connectivity index (χ0n) is 37.1. The molecular formula is C46H65ClN6O7S2. The molecule has 0 bridgehead atoms. The SMILES string of the molecule is Cc1cc(C)c(CN)c(=O)[nH]1.Cc1cc(C)c(CNC(=O)c2csc(C3CCCN3C3CCOCC3)c2C)c(=O)[nH]1.Cc1ccsc1C1CCCN1C1CCOCC1.Cl.O=C=O. The Bertz CT molecular complexity index is 2200. The second-order valence-electron chi connectivity index (χ2n) is 16.4. The van der Waals surface area contributed by atoms with Crippen LogP contribution in [-0.4, -0.2) is 83.4 Å². The standard InChI is InChI=1S/C23H31N3O3S.C14H21NOS.C8H12N2O.CO2.ClH/c1-14-11-15(2)25-23(28)18(14)12-24-22(27)19-13-30-21(16(19)3)20-5-4-8-26(20)17-6-9-29-10-7-17;1-11-6-10-17-14(11)13-3-2-7-15(13)12-4-8-16-9-5-12;1-5-3-6(2)10-8(11)7(5)4-9;2-1-3;/h11,13,17,20H,4-10,12H2,1-3H3,(H,24,27)(H,25,28);6,10,12-13H,2-5,7-9H2,1H3;3H,4,9H2,1-2H3,(H,10,11);;1H. The number of aromatic amines is 2. The Kier molecular flexibility index (Phi) is 20.4. The maximum absolute atomic E-state index is 12.9. The molecule has 0 aliphatic carbocycles. The lowest BCUT2D eigenvalue weighted by Gasteiger charge is -2.35. The number of halogens is 1. The van der Waals surface area contributed by atoms with Crippen LogP contribution in [0.2, 0.25) is 0 Å². The van der Waals surface area contributed by atoms with Gasteiger partial charge in [0.1, 0.15) is 0 Å². The molecule has 340 valence electrons. The van der Waals surface area contributed by atoms with Crippen LogP contribution < -0.4 is 22.2 Å². The van der Waals surface area contributed by atoms with Crippen LogP contribution in [0.3, 0.4) is 0 Å². The monoisotopic (exact) mass is 912 g/mol. The Morgan fingerprint density at radius 3 is 1.69 bits per heavy atom. The lowest BCUT2D eigenvalue weighted by atomic mass is 10.0. The Hall–Kier alpha value is -3.76.